The number of hydrogen-bond acceptors (Lipinski definition) is 4. The lowest BCUT2D eigenvalue weighted by molar-refractivity contribution is -0.148. The van der Waals surface area contributed by atoms with Gasteiger partial charge in [-0.2, -0.15) is 8.78 Å². The zero-order chi connectivity index (χ0) is 29.2. The third kappa shape index (κ3) is 6.98. The van der Waals surface area contributed by atoms with E-state index in [-0.39, 0.29) is 23.5 Å². The molecule has 39 heavy (non-hydrogen) atoms. The lowest BCUT2D eigenvalue weighted by Crippen LogP contribution is -2.47. The number of alkyl halides is 4. The normalized spacial score (nSPS) is 15.0. The lowest BCUT2D eigenvalue weighted by Gasteiger charge is -2.40. The summed E-state index contributed by atoms with van der Waals surface area (Å²) in [5.41, 5.74) is -1.95. The Bertz CT molecular complexity index is 1310. The molecule has 1 aromatic heterocycles. The molecule has 0 aliphatic heterocycles. The summed E-state index contributed by atoms with van der Waals surface area (Å²) in [6, 6.07) is 10.4. The van der Waals surface area contributed by atoms with Crippen molar-refractivity contribution in [1.29, 1.82) is 0 Å². The summed E-state index contributed by atoms with van der Waals surface area (Å²) >= 11 is 0. The molecule has 3 aromatic rings. The van der Waals surface area contributed by atoms with E-state index in [0.29, 0.717) is 5.69 Å². The smallest absolute Gasteiger partial charge is 0.340 e. The molecule has 0 aliphatic carbocycles. The van der Waals surface area contributed by atoms with Gasteiger partial charge in [-0.05, 0) is 64.2 Å². The van der Waals surface area contributed by atoms with E-state index in [0.717, 1.165) is 0 Å². The predicted octanol–water partition coefficient (Wildman–Crippen LogP) is 6.14. The number of nitrogens with zero attached hydrogens (tertiary/aromatic N) is 2. The minimum Gasteiger partial charge on any atom is -0.487 e. The molecule has 0 bridgehead atoms. The molecule has 0 amide bonds. The first-order chi connectivity index (χ1) is 18.1. The highest BCUT2D eigenvalue weighted by atomic mass is 28.4. The van der Waals surface area contributed by atoms with Crippen LogP contribution in [0.1, 0.15) is 32.4 Å². The number of hydrogen-bond donors (Lipinski definition) is 1. The van der Waals surface area contributed by atoms with Crippen molar-refractivity contribution >= 4 is 8.32 Å². The number of rotatable bonds is 12. The van der Waals surface area contributed by atoms with Gasteiger partial charge in [-0.1, -0.05) is 18.2 Å². The van der Waals surface area contributed by atoms with Gasteiger partial charge in [0.15, 0.2) is 14.9 Å². The molecule has 0 unspecified atom stereocenters. The molecule has 3 rings (SSSR count). The Labute approximate surface area is 224 Å². The van der Waals surface area contributed by atoms with Crippen LogP contribution in [0, 0.1) is 5.82 Å². The molecule has 1 heterocycles. The average Bonchev–Trinajstić information content (AvgIpc) is 3.22. The molecule has 6 nitrogen and oxygen atoms in total. The van der Waals surface area contributed by atoms with Crippen LogP contribution in [0.4, 0.5) is 22.0 Å². The molecule has 0 saturated heterocycles. The van der Waals surface area contributed by atoms with E-state index in [1.807, 2.05) is 26.9 Å². The SMILES string of the molecule is CC(C)O[Si](C)(C)C[C@@](O)(c1ccccc1F)[C@@H](C)n1ccn(-c2ccc(OCC(F)(F)C(F)F)cc2)c1=O. The molecule has 0 fully saturated rings. The second kappa shape index (κ2) is 11.6. The molecule has 2 aromatic carbocycles. The highest BCUT2D eigenvalue weighted by Gasteiger charge is 2.46. The van der Waals surface area contributed by atoms with Gasteiger partial charge in [0.05, 0.1) is 11.7 Å². The van der Waals surface area contributed by atoms with Gasteiger partial charge < -0.3 is 14.3 Å². The Morgan fingerprint density at radius 2 is 1.62 bits per heavy atom. The van der Waals surface area contributed by atoms with Crippen LogP contribution in [-0.2, 0) is 10.0 Å². The van der Waals surface area contributed by atoms with E-state index in [1.54, 1.807) is 13.0 Å². The van der Waals surface area contributed by atoms with E-state index in [4.69, 9.17) is 9.16 Å². The third-order valence-corrected chi connectivity index (χ3v) is 8.87. The van der Waals surface area contributed by atoms with E-state index >= 15 is 4.39 Å². The largest absolute Gasteiger partial charge is 0.487 e. The summed E-state index contributed by atoms with van der Waals surface area (Å²) in [6.07, 6.45) is -1.05. The highest BCUT2D eigenvalue weighted by Crippen LogP contribution is 2.41. The second-order valence-electron chi connectivity index (χ2n) is 10.4. The fourth-order valence-corrected chi connectivity index (χ4v) is 7.81. The molecule has 0 radical (unpaired) electrons. The Morgan fingerprint density at radius 3 is 2.18 bits per heavy atom. The summed E-state index contributed by atoms with van der Waals surface area (Å²) in [5, 5.41) is 12.1. The predicted molar refractivity (Wildman–Crippen MR) is 140 cm³/mol. The number of halogens is 5. The Morgan fingerprint density at radius 1 is 1.00 bits per heavy atom. The van der Waals surface area contributed by atoms with Crippen molar-refractivity contribution in [2.75, 3.05) is 6.61 Å². The van der Waals surface area contributed by atoms with Crippen molar-refractivity contribution in [3.05, 3.63) is 82.8 Å². The van der Waals surface area contributed by atoms with Gasteiger partial charge in [0.2, 0.25) is 0 Å². The van der Waals surface area contributed by atoms with Crippen molar-refractivity contribution in [3.63, 3.8) is 0 Å². The minimum atomic E-state index is -4.30. The van der Waals surface area contributed by atoms with Crippen LogP contribution in [0.2, 0.25) is 19.1 Å². The summed E-state index contributed by atoms with van der Waals surface area (Å²) in [7, 11) is -2.57. The van der Waals surface area contributed by atoms with E-state index in [1.165, 1.54) is 64.0 Å². The molecular weight excluding hydrogens is 539 g/mol. The van der Waals surface area contributed by atoms with Gasteiger partial charge in [0, 0.05) is 30.1 Å². The fraction of sp³-hybridized carbons (Fsp3) is 0.444. The number of benzene rings is 2. The Kier molecular flexibility index (Phi) is 9.13. The van der Waals surface area contributed by atoms with Gasteiger partial charge in [0.25, 0.3) is 0 Å². The second-order valence-corrected chi connectivity index (χ2v) is 14.5. The Hall–Kier alpha value is -2.96. The molecule has 12 heteroatoms. The molecule has 2 atom stereocenters. The number of imidazole rings is 1. The Balaban J connectivity index is 1.94. The van der Waals surface area contributed by atoms with Crippen LogP contribution in [-0.4, -0.2) is 47.6 Å². The van der Waals surface area contributed by atoms with E-state index < -0.39 is 50.4 Å². The standard InChI is InChI=1S/C27H33F5N2O4Si/c1-18(2)38-39(4,5)17-26(36,22-8-6-7-9-23(22)28)19(3)33-14-15-34(25(33)35)20-10-12-21(13-11-20)37-16-27(31,32)24(29)30/h6-15,18-19,24,36H,16-17H2,1-5H3/t19-,26+/m1/s1. The maximum absolute atomic E-state index is 15.0. The zero-order valence-electron chi connectivity index (χ0n) is 22.4. The summed E-state index contributed by atoms with van der Waals surface area (Å²) in [6.45, 7) is 7.72. The number of ether oxygens (including phenoxy) is 1. The average molecular weight is 573 g/mol. The monoisotopic (exact) mass is 572 g/mol. The highest BCUT2D eigenvalue weighted by molar-refractivity contribution is 6.71. The molecule has 1 N–H and O–H groups in total. The third-order valence-electron chi connectivity index (χ3n) is 6.37. The van der Waals surface area contributed by atoms with E-state index in [9.17, 15) is 27.5 Å². The van der Waals surface area contributed by atoms with Crippen molar-refractivity contribution in [3.8, 4) is 11.4 Å². The maximum Gasteiger partial charge on any atom is 0.340 e. The molecule has 0 saturated carbocycles. The summed E-state index contributed by atoms with van der Waals surface area (Å²) in [5.74, 6) is -4.98. The summed E-state index contributed by atoms with van der Waals surface area (Å²) < 4.78 is 79.5. The van der Waals surface area contributed by atoms with Crippen LogP contribution in [0.15, 0.2) is 65.7 Å². The van der Waals surface area contributed by atoms with Gasteiger partial charge >= 0.3 is 18.0 Å². The maximum atomic E-state index is 15.0. The van der Waals surface area contributed by atoms with Gasteiger partial charge in [-0.25, -0.2) is 18.0 Å². The van der Waals surface area contributed by atoms with Crippen molar-refractivity contribution in [2.24, 2.45) is 0 Å². The van der Waals surface area contributed by atoms with Gasteiger partial charge in [0.1, 0.15) is 17.2 Å². The summed E-state index contributed by atoms with van der Waals surface area (Å²) in [4.78, 5) is 13.4. The van der Waals surface area contributed by atoms with Crippen LogP contribution in [0.5, 0.6) is 5.75 Å². The van der Waals surface area contributed by atoms with Gasteiger partial charge in [-0.15, -0.1) is 0 Å². The quantitative estimate of drug-likeness (QED) is 0.209. The first kappa shape index (κ1) is 30.6. The number of aromatic nitrogens is 2. The topological polar surface area (TPSA) is 65.6 Å². The van der Waals surface area contributed by atoms with Crippen molar-refractivity contribution < 1.29 is 36.2 Å². The molecule has 0 aliphatic rings. The fourth-order valence-electron chi connectivity index (χ4n) is 4.67. The van der Waals surface area contributed by atoms with Gasteiger partial charge in [-0.3, -0.25) is 9.13 Å². The number of aliphatic hydroxyl groups is 1. The lowest BCUT2D eigenvalue weighted by atomic mass is 9.88. The van der Waals surface area contributed by atoms with Crippen molar-refractivity contribution in [1.82, 2.24) is 9.13 Å². The minimum absolute atomic E-state index is 0.0483. The van der Waals surface area contributed by atoms with Crippen LogP contribution < -0.4 is 10.4 Å². The molecule has 214 valence electrons. The first-order valence-corrected chi connectivity index (χ1v) is 15.5. The van der Waals surface area contributed by atoms with Crippen LogP contribution >= 0.6 is 0 Å². The van der Waals surface area contributed by atoms with Crippen molar-refractivity contribution in [2.45, 2.75) is 70.0 Å². The van der Waals surface area contributed by atoms with E-state index in [2.05, 4.69) is 0 Å². The molecule has 0 spiro atoms. The molecular formula is C27H33F5N2O4Si. The van der Waals surface area contributed by atoms with Crippen LogP contribution in [0.3, 0.4) is 0 Å². The zero-order valence-corrected chi connectivity index (χ0v) is 23.4. The first-order valence-electron chi connectivity index (χ1n) is 12.4. The van der Waals surface area contributed by atoms with Crippen LogP contribution in [0.25, 0.3) is 5.69 Å².